The van der Waals surface area contributed by atoms with Gasteiger partial charge in [0, 0.05) is 18.8 Å². The number of nitrogens with one attached hydrogen (secondary N) is 1. The van der Waals surface area contributed by atoms with E-state index in [4.69, 9.17) is 0 Å². The van der Waals surface area contributed by atoms with Gasteiger partial charge in [0.05, 0.1) is 0 Å². The molecule has 1 aliphatic rings. The van der Waals surface area contributed by atoms with Gasteiger partial charge in [0.2, 0.25) is 0 Å². The Kier molecular flexibility index (Phi) is 3.67. The summed E-state index contributed by atoms with van der Waals surface area (Å²) >= 11 is 0. The van der Waals surface area contributed by atoms with Crippen LogP contribution in [0.3, 0.4) is 0 Å². The van der Waals surface area contributed by atoms with E-state index in [0.29, 0.717) is 5.92 Å². The second kappa shape index (κ2) is 5.21. The molecular formula is C14H20N2O. The average Bonchev–Trinajstić information content (AvgIpc) is 2.83. The van der Waals surface area contributed by atoms with E-state index in [1.807, 2.05) is 17.0 Å². The lowest BCUT2D eigenvalue weighted by Gasteiger charge is -2.16. The van der Waals surface area contributed by atoms with Gasteiger partial charge >= 0.3 is 6.03 Å². The highest BCUT2D eigenvalue weighted by molar-refractivity contribution is 5.89. The first-order chi connectivity index (χ1) is 8.16. The molecular weight excluding hydrogens is 212 g/mol. The summed E-state index contributed by atoms with van der Waals surface area (Å²) in [5.74, 6) is 0.526. The number of hydrogen-bond acceptors (Lipinski definition) is 1. The number of urea groups is 1. The molecule has 1 fully saturated rings. The molecule has 1 aliphatic heterocycles. The van der Waals surface area contributed by atoms with Gasteiger partial charge in [-0.15, -0.1) is 0 Å². The van der Waals surface area contributed by atoms with Crippen molar-refractivity contribution < 1.29 is 4.79 Å². The highest BCUT2D eigenvalue weighted by Crippen LogP contribution is 2.18. The topological polar surface area (TPSA) is 32.3 Å². The predicted molar refractivity (Wildman–Crippen MR) is 70.4 cm³/mol. The quantitative estimate of drug-likeness (QED) is 0.832. The molecule has 0 bridgehead atoms. The molecule has 1 heterocycles. The van der Waals surface area contributed by atoms with Gasteiger partial charge < -0.3 is 10.2 Å². The molecule has 1 aromatic carbocycles. The molecule has 2 amide bonds. The summed E-state index contributed by atoms with van der Waals surface area (Å²) in [6, 6.07) is 8.13. The molecule has 1 saturated heterocycles. The SMILES string of the molecule is CC(C)c1ccc(NC(=O)N2CCCC2)cc1. The maximum Gasteiger partial charge on any atom is 0.321 e. The maximum absolute atomic E-state index is 11.8. The van der Waals surface area contributed by atoms with Gasteiger partial charge in [0.25, 0.3) is 0 Å². The second-order valence-electron chi connectivity index (χ2n) is 4.90. The van der Waals surface area contributed by atoms with Crippen LogP contribution in [0.2, 0.25) is 0 Å². The number of nitrogens with zero attached hydrogens (tertiary/aromatic N) is 1. The Hall–Kier alpha value is -1.51. The van der Waals surface area contributed by atoms with Gasteiger partial charge in [0.15, 0.2) is 0 Å². The van der Waals surface area contributed by atoms with Crippen LogP contribution in [0.5, 0.6) is 0 Å². The number of benzene rings is 1. The Balaban J connectivity index is 1.96. The van der Waals surface area contributed by atoms with Crippen LogP contribution in [-0.4, -0.2) is 24.0 Å². The Morgan fingerprint density at radius 2 is 1.76 bits per heavy atom. The van der Waals surface area contributed by atoms with Gasteiger partial charge in [-0.1, -0.05) is 26.0 Å². The molecule has 17 heavy (non-hydrogen) atoms. The summed E-state index contributed by atoms with van der Waals surface area (Å²) in [6.45, 7) is 6.10. The monoisotopic (exact) mass is 232 g/mol. The van der Waals surface area contributed by atoms with Crippen LogP contribution in [0.1, 0.15) is 38.2 Å². The summed E-state index contributed by atoms with van der Waals surface area (Å²) in [4.78, 5) is 13.7. The first-order valence-electron chi connectivity index (χ1n) is 6.32. The smallest absolute Gasteiger partial charge is 0.321 e. The molecule has 0 atom stereocenters. The van der Waals surface area contributed by atoms with E-state index >= 15 is 0 Å². The lowest BCUT2D eigenvalue weighted by molar-refractivity contribution is 0.222. The summed E-state index contributed by atoms with van der Waals surface area (Å²) < 4.78 is 0. The van der Waals surface area contributed by atoms with Crippen molar-refractivity contribution >= 4 is 11.7 Å². The molecule has 0 aromatic heterocycles. The largest absolute Gasteiger partial charge is 0.325 e. The molecule has 1 N–H and O–H groups in total. The molecule has 0 aliphatic carbocycles. The number of carbonyl (C=O) groups excluding carboxylic acids is 1. The minimum atomic E-state index is 0.0276. The third kappa shape index (κ3) is 2.99. The van der Waals surface area contributed by atoms with Crippen LogP contribution < -0.4 is 5.32 Å². The van der Waals surface area contributed by atoms with E-state index in [2.05, 4.69) is 31.3 Å². The van der Waals surface area contributed by atoms with Crippen molar-refractivity contribution in [3.05, 3.63) is 29.8 Å². The zero-order valence-corrected chi connectivity index (χ0v) is 10.6. The van der Waals surface area contributed by atoms with E-state index < -0.39 is 0 Å². The van der Waals surface area contributed by atoms with Crippen molar-refractivity contribution in [3.8, 4) is 0 Å². The first kappa shape index (κ1) is 12.0. The maximum atomic E-state index is 11.8. The molecule has 0 saturated carbocycles. The van der Waals surface area contributed by atoms with Crippen molar-refractivity contribution in [1.82, 2.24) is 4.90 Å². The Morgan fingerprint density at radius 3 is 2.29 bits per heavy atom. The summed E-state index contributed by atoms with van der Waals surface area (Å²) in [5.41, 5.74) is 2.18. The third-order valence-electron chi connectivity index (χ3n) is 3.22. The standard InChI is InChI=1S/C14H20N2O/c1-11(2)12-5-7-13(8-6-12)15-14(17)16-9-3-4-10-16/h5-8,11H,3-4,9-10H2,1-2H3,(H,15,17). The lowest BCUT2D eigenvalue weighted by atomic mass is 10.0. The Labute approximate surface area is 103 Å². The number of carbonyl (C=O) groups is 1. The second-order valence-corrected chi connectivity index (χ2v) is 4.90. The van der Waals surface area contributed by atoms with E-state index in [9.17, 15) is 4.79 Å². The van der Waals surface area contributed by atoms with E-state index in [1.165, 1.54) is 5.56 Å². The van der Waals surface area contributed by atoms with Crippen LogP contribution in [0.15, 0.2) is 24.3 Å². The van der Waals surface area contributed by atoms with Crippen LogP contribution >= 0.6 is 0 Å². The number of likely N-dealkylation sites (tertiary alicyclic amines) is 1. The van der Waals surface area contributed by atoms with Crippen molar-refractivity contribution in [2.45, 2.75) is 32.6 Å². The van der Waals surface area contributed by atoms with Crippen LogP contribution in [-0.2, 0) is 0 Å². The Bertz CT molecular complexity index is 378. The number of hydrogen-bond donors (Lipinski definition) is 1. The number of amides is 2. The Morgan fingerprint density at radius 1 is 1.18 bits per heavy atom. The minimum absolute atomic E-state index is 0.0276. The minimum Gasteiger partial charge on any atom is -0.325 e. The van der Waals surface area contributed by atoms with E-state index in [0.717, 1.165) is 31.6 Å². The molecule has 92 valence electrons. The van der Waals surface area contributed by atoms with Gasteiger partial charge in [-0.05, 0) is 36.5 Å². The molecule has 0 unspecified atom stereocenters. The van der Waals surface area contributed by atoms with Crippen molar-refractivity contribution in [2.24, 2.45) is 0 Å². The molecule has 0 spiro atoms. The van der Waals surface area contributed by atoms with Crippen LogP contribution in [0, 0.1) is 0 Å². The highest BCUT2D eigenvalue weighted by atomic mass is 16.2. The molecule has 0 radical (unpaired) electrons. The zero-order chi connectivity index (χ0) is 12.3. The fraction of sp³-hybridized carbons (Fsp3) is 0.500. The van der Waals surface area contributed by atoms with Gasteiger partial charge in [0.1, 0.15) is 0 Å². The van der Waals surface area contributed by atoms with Gasteiger partial charge in [-0.3, -0.25) is 0 Å². The fourth-order valence-corrected chi connectivity index (χ4v) is 2.07. The van der Waals surface area contributed by atoms with Crippen molar-refractivity contribution in [3.63, 3.8) is 0 Å². The van der Waals surface area contributed by atoms with Gasteiger partial charge in [-0.25, -0.2) is 4.79 Å². The third-order valence-corrected chi connectivity index (χ3v) is 3.22. The molecule has 3 nitrogen and oxygen atoms in total. The highest BCUT2D eigenvalue weighted by Gasteiger charge is 2.17. The summed E-state index contributed by atoms with van der Waals surface area (Å²) in [6.07, 6.45) is 2.25. The zero-order valence-electron chi connectivity index (χ0n) is 10.6. The average molecular weight is 232 g/mol. The van der Waals surface area contributed by atoms with Crippen LogP contribution in [0.25, 0.3) is 0 Å². The molecule has 1 aromatic rings. The normalized spacial score (nSPS) is 15.4. The van der Waals surface area contributed by atoms with Gasteiger partial charge in [-0.2, -0.15) is 0 Å². The van der Waals surface area contributed by atoms with E-state index in [-0.39, 0.29) is 6.03 Å². The molecule has 3 heteroatoms. The van der Waals surface area contributed by atoms with E-state index in [1.54, 1.807) is 0 Å². The fourth-order valence-electron chi connectivity index (χ4n) is 2.07. The summed E-state index contributed by atoms with van der Waals surface area (Å²) in [7, 11) is 0. The van der Waals surface area contributed by atoms with Crippen molar-refractivity contribution in [2.75, 3.05) is 18.4 Å². The van der Waals surface area contributed by atoms with Crippen LogP contribution in [0.4, 0.5) is 10.5 Å². The number of rotatable bonds is 2. The lowest BCUT2D eigenvalue weighted by Crippen LogP contribution is -2.32. The predicted octanol–water partition coefficient (Wildman–Crippen LogP) is 3.44. The van der Waals surface area contributed by atoms with Crippen molar-refractivity contribution in [1.29, 1.82) is 0 Å². The number of anilines is 1. The molecule has 2 rings (SSSR count). The first-order valence-corrected chi connectivity index (χ1v) is 6.32. The summed E-state index contributed by atoms with van der Waals surface area (Å²) in [5, 5.41) is 2.94.